The summed E-state index contributed by atoms with van der Waals surface area (Å²) < 4.78 is 5.26. The smallest absolute Gasteiger partial charge is 0.254 e. The SMILES string of the molecule is CCCN(CCC)C(=O)CSc1nc(Cl)cc(N2CCN(C(=O)c3cccc(OC)c3)C(C)C2)n1. The maximum absolute atomic E-state index is 13.1. The highest BCUT2D eigenvalue weighted by atomic mass is 35.5. The molecule has 0 N–H and O–H groups in total. The van der Waals surface area contributed by atoms with Crippen molar-refractivity contribution in [1.82, 2.24) is 19.8 Å². The van der Waals surface area contributed by atoms with Gasteiger partial charge in [-0.25, -0.2) is 9.97 Å². The Morgan fingerprint density at radius 1 is 1.17 bits per heavy atom. The Labute approximate surface area is 217 Å². The molecule has 0 radical (unpaired) electrons. The average Bonchev–Trinajstić information content (AvgIpc) is 2.86. The lowest BCUT2D eigenvalue weighted by atomic mass is 10.1. The van der Waals surface area contributed by atoms with Gasteiger partial charge >= 0.3 is 0 Å². The largest absolute Gasteiger partial charge is 0.497 e. The normalized spacial score (nSPS) is 15.7. The van der Waals surface area contributed by atoms with Crippen LogP contribution >= 0.6 is 23.4 Å². The van der Waals surface area contributed by atoms with Crippen molar-refractivity contribution in [2.24, 2.45) is 0 Å². The molecule has 10 heteroatoms. The fourth-order valence-electron chi connectivity index (χ4n) is 4.12. The van der Waals surface area contributed by atoms with Crippen LogP contribution in [0.4, 0.5) is 5.82 Å². The van der Waals surface area contributed by atoms with E-state index in [1.165, 1.54) is 11.8 Å². The van der Waals surface area contributed by atoms with Crippen LogP contribution in [0.15, 0.2) is 35.5 Å². The lowest BCUT2D eigenvalue weighted by molar-refractivity contribution is -0.128. The number of hydrogen-bond acceptors (Lipinski definition) is 7. The number of hydrogen-bond donors (Lipinski definition) is 0. The van der Waals surface area contributed by atoms with E-state index >= 15 is 0 Å². The predicted octanol–water partition coefficient (Wildman–Crippen LogP) is 4.23. The van der Waals surface area contributed by atoms with Crippen molar-refractivity contribution in [2.45, 2.75) is 44.8 Å². The Kier molecular flexibility index (Phi) is 10.0. The second-order valence-corrected chi connectivity index (χ2v) is 9.86. The number of nitrogens with zero attached hydrogens (tertiary/aromatic N) is 5. The monoisotopic (exact) mass is 519 g/mol. The summed E-state index contributed by atoms with van der Waals surface area (Å²) >= 11 is 7.61. The lowest BCUT2D eigenvalue weighted by Gasteiger charge is -2.40. The summed E-state index contributed by atoms with van der Waals surface area (Å²) in [5.74, 6) is 1.71. The molecule has 0 saturated carbocycles. The van der Waals surface area contributed by atoms with Crippen LogP contribution < -0.4 is 9.64 Å². The van der Waals surface area contributed by atoms with Crippen molar-refractivity contribution >= 4 is 41.0 Å². The third-order valence-electron chi connectivity index (χ3n) is 5.85. The van der Waals surface area contributed by atoms with Crippen molar-refractivity contribution in [3.8, 4) is 5.75 Å². The minimum atomic E-state index is -0.0227. The van der Waals surface area contributed by atoms with Gasteiger partial charge in [-0.1, -0.05) is 43.3 Å². The maximum Gasteiger partial charge on any atom is 0.254 e. The molecule has 1 aliphatic heterocycles. The van der Waals surface area contributed by atoms with Gasteiger partial charge < -0.3 is 19.4 Å². The van der Waals surface area contributed by atoms with E-state index in [1.807, 2.05) is 28.9 Å². The molecule has 2 heterocycles. The summed E-state index contributed by atoms with van der Waals surface area (Å²) in [7, 11) is 1.59. The van der Waals surface area contributed by atoms with Gasteiger partial charge in [-0.3, -0.25) is 9.59 Å². The van der Waals surface area contributed by atoms with Crippen LogP contribution in [0.25, 0.3) is 0 Å². The minimum absolute atomic E-state index is 0.0183. The molecule has 35 heavy (non-hydrogen) atoms. The van der Waals surface area contributed by atoms with Gasteiger partial charge in [0.15, 0.2) is 5.16 Å². The van der Waals surface area contributed by atoms with Gasteiger partial charge in [0.05, 0.1) is 12.9 Å². The highest BCUT2D eigenvalue weighted by Gasteiger charge is 2.29. The number of methoxy groups -OCH3 is 1. The fraction of sp³-hybridized carbons (Fsp3) is 0.520. The molecule has 0 aliphatic carbocycles. The van der Waals surface area contributed by atoms with Gasteiger partial charge in [-0.2, -0.15) is 0 Å². The van der Waals surface area contributed by atoms with Crippen molar-refractivity contribution < 1.29 is 14.3 Å². The van der Waals surface area contributed by atoms with Crippen LogP contribution in [-0.2, 0) is 4.79 Å². The quantitative estimate of drug-likeness (QED) is 0.264. The van der Waals surface area contributed by atoms with Crippen LogP contribution in [0.2, 0.25) is 5.15 Å². The zero-order chi connectivity index (χ0) is 25.4. The summed E-state index contributed by atoms with van der Waals surface area (Å²) in [4.78, 5) is 40.6. The molecule has 3 rings (SSSR count). The third-order valence-corrected chi connectivity index (χ3v) is 6.88. The molecule has 190 valence electrons. The predicted molar refractivity (Wildman–Crippen MR) is 141 cm³/mol. The number of ether oxygens (including phenoxy) is 1. The molecular formula is C25H34ClN5O3S. The number of carbonyl (C=O) groups excluding carboxylic acids is 2. The standard InChI is InChI=1S/C25H34ClN5O3S/c1-5-10-29(11-6-2)23(32)17-35-25-27-21(26)15-22(28-25)30-12-13-31(18(3)16-30)24(33)19-8-7-9-20(14-19)34-4/h7-9,14-15,18H,5-6,10-13,16-17H2,1-4H3. The number of benzene rings is 1. The summed E-state index contributed by atoms with van der Waals surface area (Å²) in [6.07, 6.45) is 1.86. The van der Waals surface area contributed by atoms with Gasteiger partial charge in [0.25, 0.3) is 5.91 Å². The average molecular weight is 520 g/mol. The zero-order valence-corrected chi connectivity index (χ0v) is 22.4. The number of piperazine rings is 1. The molecule has 0 bridgehead atoms. The van der Waals surface area contributed by atoms with Crippen LogP contribution in [0.3, 0.4) is 0 Å². The highest BCUT2D eigenvalue weighted by molar-refractivity contribution is 7.99. The number of aromatic nitrogens is 2. The Hall–Kier alpha value is -2.52. The Morgan fingerprint density at radius 2 is 1.91 bits per heavy atom. The molecule has 8 nitrogen and oxygen atoms in total. The van der Waals surface area contributed by atoms with E-state index in [-0.39, 0.29) is 23.6 Å². The lowest BCUT2D eigenvalue weighted by Crippen LogP contribution is -2.54. The van der Waals surface area contributed by atoms with Crippen LogP contribution in [-0.4, -0.2) is 83.2 Å². The molecule has 1 saturated heterocycles. The summed E-state index contributed by atoms with van der Waals surface area (Å²) in [6, 6.07) is 8.93. The van der Waals surface area contributed by atoms with E-state index in [0.29, 0.717) is 47.1 Å². The van der Waals surface area contributed by atoms with Gasteiger partial charge in [0, 0.05) is 50.4 Å². The van der Waals surface area contributed by atoms with Gasteiger partial charge in [0.1, 0.15) is 16.7 Å². The molecule has 1 aromatic heterocycles. The molecule has 2 aromatic rings. The topological polar surface area (TPSA) is 78.9 Å². The van der Waals surface area contributed by atoms with Gasteiger partial charge in [-0.05, 0) is 38.0 Å². The number of carbonyl (C=O) groups is 2. The van der Waals surface area contributed by atoms with Crippen LogP contribution in [0.1, 0.15) is 44.0 Å². The molecule has 1 atom stereocenters. The molecular weight excluding hydrogens is 486 g/mol. The van der Waals surface area contributed by atoms with Crippen molar-refractivity contribution in [1.29, 1.82) is 0 Å². The first kappa shape index (κ1) is 27.1. The highest BCUT2D eigenvalue weighted by Crippen LogP contribution is 2.25. The molecule has 1 unspecified atom stereocenters. The minimum Gasteiger partial charge on any atom is -0.497 e. The number of rotatable bonds is 10. The van der Waals surface area contributed by atoms with Crippen molar-refractivity contribution in [3.05, 3.63) is 41.0 Å². The number of amides is 2. The number of thioether (sulfide) groups is 1. The molecule has 1 fully saturated rings. The van der Waals surface area contributed by atoms with E-state index in [2.05, 4.69) is 28.7 Å². The first-order valence-electron chi connectivity index (χ1n) is 12.0. The molecule has 2 amide bonds. The zero-order valence-electron chi connectivity index (χ0n) is 20.9. The molecule has 1 aromatic carbocycles. The Morgan fingerprint density at radius 3 is 2.57 bits per heavy atom. The second-order valence-electron chi connectivity index (χ2n) is 8.53. The first-order chi connectivity index (χ1) is 16.9. The van der Waals surface area contributed by atoms with E-state index in [9.17, 15) is 9.59 Å². The van der Waals surface area contributed by atoms with Crippen LogP contribution in [0.5, 0.6) is 5.75 Å². The van der Waals surface area contributed by atoms with Crippen LogP contribution in [0, 0.1) is 0 Å². The van der Waals surface area contributed by atoms with Gasteiger partial charge in [0.2, 0.25) is 5.91 Å². The Balaban J connectivity index is 1.65. The molecule has 0 spiro atoms. The first-order valence-corrected chi connectivity index (χ1v) is 13.4. The second kappa shape index (κ2) is 13.0. The van der Waals surface area contributed by atoms with E-state index in [0.717, 1.165) is 25.9 Å². The fourth-order valence-corrected chi connectivity index (χ4v) is 5.10. The van der Waals surface area contributed by atoms with Gasteiger partial charge in [-0.15, -0.1) is 0 Å². The van der Waals surface area contributed by atoms with E-state index in [4.69, 9.17) is 16.3 Å². The maximum atomic E-state index is 13.1. The molecule has 1 aliphatic rings. The van der Waals surface area contributed by atoms with Crippen molar-refractivity contribution in [2.75, 3.05) is 50.5 Å². The summed E-state index contributed by atoms with van der Waals surface area (Å²) in [5.41, 5.74) is 0.610. The van der Waals surface area contributed by atoms with E-state index in [1.54, 1.807) is 25.3 Å². The summed E-state index contributed by atoms with van der Waals surface area (Å²) in [6.45, 7) is 9.47. The number of halogens is 1. The number of anilines is 1. The summed E-state index contributed by atoms with van der Waals surface area (Å²) in [5, 5.41) is 0.822. The third kappa shape index (κ3) is 7.24. The Bertz CT molecular complexity index is 1020. The van der Waals surface area contributed by atoms with E-state index < -0.39 is 0 Å². The van der Waals surface area contributed by atoms with Crippen molar-refractivity contribution in [3.63, 3.8) is 0 Å².